The maximum atomic E-state index is 13.3. The van der Waals surface area contributed by atoms with Crippen molar-refractivity contribution in [1.29, 1.82) is 0 Å². The van der Waals surface area contributed by atoms with Gasteiger partial charge in [0.1, 0.15) is 47.8 Å². The number of hydrogen-bond acceptors (Lipinski definition) is 10. The van der Waals surface area contributed by atoms with Crippen molar-refractivity contribution in [3.63, 3.8) is 0 Å². The van der Waals surface area contributed by atoms with Crippen molar-refractivity contribution in [2.24, 2.45) is 9.98 Å². The van der Waals surface area contributed by atoms with Gasteiger partial charge in [0.2, 0.25) is 11.8 Å². The summed E-state index contributed by atoms with van der Waals surface area (Å²) in [6.45, 7) is 17.7. The van der Waals surface area contributed by atoms with E-state index in [1.165, 1.54) is 0 Å². The number of urea groups is 2. The molecule has 2 fully saturated rings. The molecule has 6 rings (SSSR count). The Hall–Kier alpha value is -5.54. The van der Waals surface area contributed by atoms with Crippen molar-refractivity contribution < 1.29 is 38.1 Å². The van der Waals surface area contributed by atoms with E-state index in [0.29, 0.717) is 60.8 Å². The molecule has 2 saturated heterocycles. The van der Waals surface area contributed by atoms with Crippen molar-refractivity contribution in [3.05, 3.63) is 47.5 Å². The Balaban J connectivity index is 0.000000248. The van der Waals surface area contributed by atoms with Gasteiger partial charge in [0.15, 0.2) is 0 Å². The van der Waals surface area contributed by atoms with Gasteiger partial charge in [-0.2, -0.15) is 0 Å². The monoisotopic (exact) mass is 792 g/mol. The molecule has 0 aliphatic carbocycles. The number of methoxy groups -OCH3 is 2. The van der Waals surface area contributed by atoms with Crippen molar-refractivity contribution in [2.75, 3.05) is 53.5 Å². The highest BCUT2D eigenvalue weighted by atomic mass is 16.5. The molecule has 57 heavy (non-hydrogen) atoms. The van der Waals surface area contributed by atoms with Crippen LogP contribution < -0.4 is 29.6 Å². The van der Waals surface area contributed by atoms with E-state index in [0.717, 1.165) is 11.1 Å². The zero-order valence-corrected chi connectivity index (χ0v) is 34.1. The van der Waals surface area contributed by atoms with Gasteiger partial charge in [-0.1, -0.05) is 7.43 Å². The topological polar surface area (TPSA) is 167 Å². The molecule has 0 bridgehead atoms. The molecule has 0 saturated carbocycles. The lowest BCUT2D eigenvalue weighted by Crippen LogP contribution is -2.56. The molecule has 2 aromatic carbocycles. The van der Waals surface area contributed by atoms with Gasteiger partial charge in [0, 0.05) is 38.3 Å². The van der Waals surface area contributed by atoms with Gasteiger partial charge in [0.05, 0.1) is 61.7 Å². The first-order chi connectivity index (χ1) is 26.6. The Morgan fingerprint density at radius 2 is 1.04 bits per heavy atom. The summed E-state index contributed by atoms with van der Waals surface area (Å²) in [4.78, 5) is 66.0. The third-order valence-electron chi connectivity index (χ3n) is 9.93. The van der Waals surface area contributed by atoms with Crippen LogP contribution >= 0.6 is 0 Å². The van der Waals surface area contributed by atoms with Crippen LogP contribution in [-0.2, 0) is 9.59 Å². The molecular formula is C41H60N8O8. The fourth-order valence-electron chi connectivity index (χ4n) is 6.71. The van der Waals surface area contributed by atoms with E-state index in [2.05, 4.69) is 10.6 Å². The van der Waals surface area contributed by atoms with E-state index in [-0.39, 0.29) is 80.8 Å². The zero-order valence-electron chi connectivity index (χ0n) is 34.1. The van der Waals surface area contributed by atoms with Crippen LogP contribution in [0, 0.1) is 0 Å². The second-order valence-electron chi connectivity index (χ2n) is 14.8. The molecule has 4 atom stereocenters. The Labute approximate surface area is 336 Å². The first-order valence-corrected chi connectivity index (χ1v) is 19.2. The molecule has 2 aromatic rings. The number of benzene rings is 2. The summed E-state index contributed by atoms with van der Waals surface area (Å²) in [5.41, 5.74) is 1.47. The number of ether oxygens (including phenoxy) is 4. The molecule has 0 radical (unpaired) electrons. The Morgan fingerprint density at radius 1 is 0.667 bits per heavy atom. The number of carbonyl (C=O) groups is 4. The summed E-state index contributed by atoms with van der Waals surface area (Å²) >= 11 is 0. The van der Waals surface area contributed by atoms with Crippen LogP contribution in [-0.4, -0.2) is 145 Å². The predicted molar refractivity (Wildman–Crippen MR) is 219 cm³/mol. The maximum Gasteiger partial charge on any atom is 0.326 e. The van der Waals surface area contributed by atoms with E-state index in [1.807, 2.05) is 91.8 Å². The number of aliphatic imine (C=N–C) groups is 2. The number of nitrogens with one attached hydrogen (secondary N) is 2. The zero-order chi connectivity index (χ0) is 40.8. The summed E-state index contributed by atoms with van der Waals surface area (Å²) in [7, 11) is 3.20. The quantitative estimate of drug-likeness (QED) is 0.398. The first-order valence-electron chi connectivity index (χ1n) is 19.2. The lowest BCUT2D eigenvalue weighted by atomic mass is 10.1. The number of amides is 6. The van der Waals surface area contributed by atoms with Crippen LogP contribution in [0.2, 0.25) is 0 Å². The lowest BCUT2D eigenvalue weighted by Gasteiger charge is -2.34. The third kappa shape index (κ3) is 10.1. The summed E-state index contributed by atoms with van der Waals surface area (Å²) in [5.74, 6) is 3.41. The van der Waals surface area contributed by atoms with Gasteiger partial charge in [-0.3, -0.25) is 29.4 Å². The van der Waals surface area contributed by atoms with Gasteiger partial charge in [-0.05, 0) is 79.7 Å². The lowest BCUT2D eigenvalue weighted by molar-refractivity contribution is -0.124. The highest BCUT2D eigenvalue weighted by Gasteiger charge is 2.41. The van der Waals surface area contributed by atoms with E-state index in [1.54, 1.807) is 33.8 Å². The molecule has 0 spiro atoms. The van der Waals surface area contributed by atoms with Crippen LogP contribution in [0.25, 0.3) is 0 Å². The number of nitrogens with zero attached hydrogens (tertiary/aromatic N) is 6. The highest BCUT2D eigenvalue weighted by molar-refractivity contribution is 6.12. The Kier molecular flexibility index (Phi) is 14.8. The van der Waals surface area contributed by atoms with E-state index in [9.17, 15) is 19.2 Å². The molecule has 4 aliphatic heterocycles. The van der Waals surface area contributed by atoms with Crippen LogP contribution in [0.1, 0.15) is 73.9 Å². The second kappa shape index (κ2) is 19.1. The van der Waals surface area contributed by atoms with E-state index in [4.69, 9.17) is 28.9 Å². The standard InChI is InChI=1S/2C20H28N4O4.CH4/c2*1-12(2)28-17-10-15(27-5)6-7-16(17)19-22-13(3)14(4)24(19)20(26)23-9-8-21-18(25)11-23;/h2*6-7,10,12-14H,8-9,11H2,1-5H3,(H,21,25);1H4. The fourth-order valence-corrected chi connectivity index (χ4v) is 6.71. The highest BCUT2D eigenvalue weighted by Crippen LogP contribution is 2.33. The minimum absolute atomic E-state index is 0. The number of carbonyl (C=O) groups excluding carboxylic acids is 4. The van der Waals surface area contributed by atoms with Gasteiger partial charge < -0.3 is 39.4 Å². The van der Waals surface area contributed by atoms with Crippen molar-refractivity contribution in [2.45, 2.75) is 99.2 Å². The van der Waals surface area contributed by atoms with Crippen LogP contribution in [0.15, 0.2) is 46.4 Å². The van der Waals surface area contributed by atoms with Gasteiger partial charge in [0.25, 0.3) is 0 Å². The molecule has 6 amide bonds. The van der Waals surface area contributed by atoms with Crippen molar-refractivity contribution in [3.8, 4) is 23.0 Å². The molecule has 2 N–H and O–H groups in total. The summed E-state index contributed by atoms with van der Waals surface area (Å²) < 4.78 is 22.6. The van der Waals surface area contributed by atoms with Crippen LogP contribution in [0.4, 0.5) is 9.59 Å². The molecule has 4 aliphatic rings. The number of amidine groups is 2. The largest absolute Gasteiger partial charge is 0.497 e. The number of piperazine rings is 2. The van der Waals surface area contributed by atoms with Gasteiger partial charge >= 0.3 is 12.1 Å². The summed E-state index contributed by atoms with van der Waals surface area (Å²) in [5, 5.41) is 5.50. The smallest absolute Gasteiger partial charge is 0.326 e. The first kappa shape index (κ1) is 44.2. The molecule has 16 heteroatoms. The summed E-state index contributed by atoms with van der Waals surface area (Å²) in [6.07, 6.45) is -0.0877. The van der Waals surface area contributed by atoms with E-state index < -0.39 is 0 Å². The normalized spacial score (nSPS) is 21.8. The average Bonchev–Trinajstić information content (AvgIpc) is 3.63. The Morgan fingerprint density at radius 3 is 1.35 bits per heavy atom. The maximum absolute atomic E-state index is 13.3. The summed E-state index contributed by atoms with van der Waals surface area (Å²) in [6, 6.07) is 10.2. The molecule has 16 nitrogen and oxygen atoms in total. The van der Waals surface area contributed by atoms with Crippen molar-refractivity contribution >= 4 is 35.5 Å². The van der Waals surface area contributed by atoms with Gasteiger partial charge in [-0.15, -0.1) is 0 Å². The second-order valence-corrected chi connectivity index (χ2v) is 14.8. The van der Waals surface area contributed by atoms with Crippen molar-refractivity contribution in [1.82, 2.24) is 30.2 Å². The Bertz CT molecular complexity index is 1720. The molecule has 4 heterocycles. The minimum Gasteiger partial charge on any atom is -0.497 e. The number of rotatable bonds is 8. The molecule has 4 unspecified atom stereocenters. The predicted octanol–water partition coefficient (Wildman–Crippen LogP) is 4.38. The van der Waals surface area contributed by atoms with E-state index >= 15 is 0 Å². The molecule has 312 valence electrons. The fraction of sp³-hybridized carbons (Fsp3) is 0.561. The molecular weight excluding hydrogens is 732 g/mol. The minimum atomic E-state index is -0.211. The van der Waals surface area contributed by atoms with Crippen LogP contribution in [0.5, 0.6) is 23.0 Å². The molecule has 0 aromatic heterocycles. The van der Waals surface area contributed by atoms with Gasteiger partial charge in [-0.25, -0.2) is 9.59 Å². The van der Waals surface area contributed by atoms with Crippen LogP contribution in [0.3, 0.4) is 0 Å². The SMILES string of the molecule is C.COc1ccc(C2=NC(C)C(C)N2C(=O)N2CCNC(=O)C2)c(OC(C)C)c1.COc1ccc(C2=NC(C)C(C)N2C(=O)N2CCNC(=O)C2)c(OC(C)C)c1. The number of hydrogen-bond donors (Lipinski definition) is 2. The average molecular weight is 793 g/mol. The third-order valence-corrected chi connectivity index (χ3v) is 9.93.